The summed E-state index contributed by atoms with van der Waals surface area (Å²) in [5.74, 6) is -0.379. The molecule has 0 heterocycles. The molecule has 1 rings (SSSR count). The van der Waals surface area contributed by atoms with E-state index in [1.165, 1.54) is 12.1 Å². The molecule has 0 aliphatic rings. The summed E-state index contributed by atoms with van der Waals surface area (Å²) < 4.78 is 23.3. The van der Waals surface area contributed by atoms with Gasteiger partial charge in [-0.1, -0.05) is 24.6 Å². The molecule has 2 N–H and O–H groups in total. The smallest absolute Gasteiger partial charge is 0.257 e. The van der Waals surface area contributed by atoms with E-state index in [-0.39, 0.29) is 17.2 Å². The average Bonchev–Trinajstić information content (AvgIpc) is 2.26. The van der Waals surface area contributed by atoms with Gasteiger partial charge in [-0.3, -0.25) is 10.2 Å². The summed E-state index contributed by atoms with van der Waals surface area (Å²) in [4.78, 5) is 13.0. The van der Waals surface area contributed by atoms with E-state index in [1.807, 2.05) is 11.8 Å². The fourth-order valence-corrected chi connectivity index (χ4v) is 1.85. The third-order valence-corrected chi connectivity index (χ3v) is 3.24. The fourth-order valence-electron chi connectivity index (χ4n) is 0.989. The minimum Gasteiger partial charge on any atom is -0.278 e. The molecular weight excluding hydrogens is 228 g/mol. The molecule has 6 heteroatoms. The van der Waals surface area contributed by atoms with Crippen LogP contribution in [0.4, 0.5) is 0 Å². The van der Waals surface area contributed by atoms with E-state index in [4.69, 9.17) is 0 Å². The van der Waals surface area contributed by atoms with Gasteiger partial charge >= 0.3 is 0 Å². The summed E-state index contributed by atoms with van der Waals surface area (Å²) in [7, 11) is -3.66. The minimum absolute atomic E-state index is 0.120. The summed E-state index contributed by atoms with van der Waals surface area (Å²) in [6, 6.07) is 6.35. The van der Waals surface area contributed by atoms with Crippen LogP contribution < -0.4 is 10.3 Å². The molecule has 0 unspecified atom stereocenters. The van der Waals surface area contributed by atoms with Gasteiger partial charge < -0.3 is 0 Å². The monoisotopic (exact) mass is 242 g/mol. The van der Waals surface area contributed by atoms with E-state index < -0.39 is 10.0 Å². The Kier molecular flexibility index (Phi) is 4.03. The van der Waals surface area contributed by atoms with Crippen LogP contribution in [0.3, 0.4) is 0 Å². The largest absolute Gasteiger partial charge is 0.278 e. The standard InChI is InChI=1S/C10H14N2O3S/c1-3-10(13)11-12-16(14,15)9-6-4-8(2)5-7-9/h4-7,12H,3H2,1-2H3,(H,11,13). The predicted octanol–water partition coefficient (Wildman–Crippen LogP) is 0.715. The summed E-state index contributed by atoms with van der Waals surface area (Å²) >= 11 is 0. The molecule has 0 spiro atoms. The third kappa shape index (κ3) is 3.32. The maximum Gasteiger partial charge on any atom is 0.257 e. The maximum absolute atomic E-state index is 11.6. The summed E-state index contributed by atoms with van der Waals surface area (Å²) in [6.07, 6.45) is 0.219. The maximum atomic E-state index is 11.6. The van der Waals surface area contributed by atoms with E-state index in [0.29, 0.717) is 0 Å². The van der Waals surface area contributed by atoms with Crippen molar-refractivity contribution in [1.82, 2.24) is 10.3 Å². The Morgan fingerprint density at radius 1 is 1.25 bits per heavy atom. The van der Waals surface area contributed by atoms with Crippen LogP contribution in [0.15, 0.2) is 29.2 Å². The Labute approximate surface area is 94.9 Å². The number of aryl methyl sites for hydroxylation is 1. The van der Waals surface area contributed by atoms with Gasteiger partial charge in [0, 0.05) is 6.42 Å². The first-order valence-electron chi connectivity index (χ1n) is 4.83. The van der Waals surface area contributed by atoms with Crippen molar-refractivity contribution in [2.45, 2.75) is 25.2 Å². The number of benzene rings is 1. The van der Waals surface area contributed by atoms with Gasteiger partial charge in [-0.15, -0.1) is 4.83 Å². The molecule has 1 aromatic carbocycles. The number of rotatable bonds is 4. The van der Waals surface area contributed by atoms with Gasteiger partial charge in [0.1, 0.15) is 0 Å². The van der Waals surface area contributed by atoms with E-state index in [9.17, 15) is 13.2 Å². The number of carbonyl (C=O) groups is 1. The van der Waals surface area contributed by atoms with E-state index in [1.54, 1.807) is 19.1 Å². The third-order valence-electron chi connectivity index (χ3n) is 1.98. The van der Waals surface area contributed by atoms with Crippen molar-refractivity contribution in [2.24, 2.45) is 0 Å². The lowest BCUT2D eigenvalue weighted by atomic mass is 10.2. The molecule has 0 saturated heterocycles. The molecule has 0 atom stereocenters. The van der Waals surface area contributed by atoms with Gasteiger partial charge in [-0.25, -0.2) is 8.42 Å². The van der Waals surface area contributed by atoms with Crippen molar-refractivity contribution in [3.8, 4) is 0 Å². The topological polar surface area (TPSA) is 75.3 Å². The lowest BCUT2D eigenvalue weighted by Crippen LogP contribution is -2.41. The molecule has 0 bridgehead atoms. The van der Waals surface area contributed by atoms with Crippen molar-refractivity contribution in [1.29, 1.82) is 0 Å². The normalized spacial score (nSPS) is 11.1. The lowest BCUT2D eigenvalue weighted by Gasteiger charge is -2.07. The Hall–Kier alpha value is -1.40. The summed E-state index contributed by atoms with van der Waals surface area (Å²) in [5.41, 5.74) is 3.08. The number of sulfonamides is 1. The SMILES string of the molecule is CCC(=O)NNS(=O)(=O)c1ccc(C)cc1. The zero-order valence-electron chi connectivity index (χ0n) is 9.15. The molecule has 16 heavy (non-hydrogen) atoms. The molecule has 0 aromatic heterocycles. The highest BCUT2D eigenvalue weighted by molar-refractivity contribution is 7.89. The number of carbonyl (C=O) groups excluding carboxylic acids is 1. The number of hydrazine groups is 1. The Morgan fingerprint density at radius 3 is 2.31 bits per heavy atom. The van der Waals surface area contributed by atoms with Gasteiger partial charge in [0.25, 0.3) is 10.0 Å². The quantitative estimate of drug-likeness (QED) is 0.764. The van der Waals surface area contributed by atoms with Crippen LogP contribution in [0.1, 0.15) is 18.9 Å². The van der Waals surface area contributed by atoms with Crippen molar-refractivity contribution < 1.29 is 13.2 Å². The van der Waals surface area contributed by atoms with Crippen LogP contribution in [0.25, 0.3) is 0 Å². The highest BCUT2D eigenvalue weighted by Gasteiger charge is 2.13. The molecular formula is C10H14N2O3S. The zero-order chi connectivity index (χ0) is 12.2. The van der Waals surface area contributed by atoms with Crippen LogP contribution >= 0.6 is 0 Å². The van der Waals surface area contributed by atoms with Crippen molar-refractivity contribution in [3.63, 3.8) is 0 Å². The van der Waals surface area contributed by atoms with E-state index in [2.05, 4.69) is 5.43 Å². The molecule has 0 radical (unpaired) electrons. The molecule has 1 aromatic rings. The first-order valence-corrected chi connectivity index (χ1v) is 6.31. The number of hydrogen-bond acceptors (Lipinski definition) is 3. The Bertz CT molecular complexity index is 465. The lowest BCUT2D eigenvalue weighted by molar-refractivity contribution is -0.121. The van der Waals surface area contributed by atoms with Gasteiger partial charge in [0.2, 0.25) is 5.91 Å². The molecule has 0 fully saturated rings. The predicted molar refractivity (Wildman–Crippen MR) is 59.9 cm³/mol. The second kappa shape index (κ2) is 5.09. The highest BCUT2D eigenvalue weighted by atomic mass is 32.2. The number of amides is 1. The van der Waals surface area contributed by atoms with Crippen LogP contribution in [-0.4, -0.2) is 14.3 Å². The first kappa shape index (κ1) is 12.7. The molecule has 0 aliphatic heterocycles. The zero-order valence-corrected chi connectivity index (χ0v) is 9.97. The van der Waals surface area contributed by atoms with Crippen LogP contribution in [0.5, 0.6) is 0 Å². The molecule has 88 valence electrons. The van der Waals surface area contributed by atoms with Gasteiger partial charge in [-0.2, -0.15) is 0 Å². The Balaban J connectivity index is 2.78. The molecule has 5 nitrogen and oxygen atoms in total. The Morgan fingerprint density at radius 2 is 1.81 bits per heavy atom. The number of hydrogen-bond donors (Lipinski definition) is 2. The second-order valence-corrected chi connectivity index (χ2v) is 5.00. The minimum atomic E-state index is -3.66. The molecule has 1 amide bonds. The van der Waals surface area contributed by atoms with Gasteiger partial charge in [-0.05, 0) is 19.1 Å². The second-order valence-electron chi connectivity index (χ2n) is 3.32. The van der Waals surface area contributed by atoms with Crippen LogP contribution in [0, 0.1) is 6.92 Å². The van der Waals surface area contributed by atoms with Crippen LogP contribution in [-0.2, 0) is 14.8 Å². The fraction of sp³-hybridized carbons (Fsp3) is 0.300. The van der Waals surface area contributed by atoms with Gasteiger partial charge in [0.05, 0.1) is 4.90 Å². The summed E-state index contributed by atoms with van der Waals surface area (Å²) in [6.45, 7) is 3.50. The summed E-state index contributed by atoms with van der Waals surface area (Å²) in [5, 5.41) is 0. The van der Waals surface area contributed by atoms with Crippen molar-refractivity contribution in [3.05, 3.63) is 29.8 Å². The number of nitrogens with one attached hydrogen (secondary N) is 2. The van der Waals surface area contributed by atoms with E-state index in [0.717, 1.165) is 5.56 Å². The highest BCUT2D eigenvalue weighted by Crippen LogP contribution is 2.08. The molecule has 0 aliphatic carbocycles. The average molecular weight is 242 g/mol. The van der Waals surface area contributed by atoms with Crippen LogP contribution in [0.2, 0.25) is 0 Å². The van der Waals surface area contributed by atoms with Crippen molar-refractivity contribution in [2.75, 3.05) is 0 Å². The van der Waals surface area contributed by atoms with E-state index >= 15 is 0 Å². The van der Waals surface area contributed by atoms with Crippen molar-refractivity contribution >= 4 is 15.9 Å². The first-order chi connectivity index (χ1) is 7.45. The van der Waals surface area contributed by atoms with Gasteiger partial charge in [0.15, 0.2) is 0 Å². The molecule has 0 saturated carbocycles.